The van der Waals surface area contributed by atoms with Crippen molar-refractivity contribution in [2.45, 2.75) is 6.18 Å². The zero-order valence-electron chi connectivity index (χ0n) is 7.55. The second-order valence-electron chi connectivity index (χ2n) is 2.81. The summed E-state index contributed by atoms with van der Waals surface area (Å²) in [6, 6.07) is 4.07. The highest BCUT2D eigenvalue weighted by atomic mass is 79.9. The van der Waals surface area contributed by atoms with Gasteiger partial charge in [-0.1, -0.05) is 34.1 Å². The van der Waals surface area contributed by atoms with Gasteiger partial charge in [-0.3, -0.25) is 0 Å². The van der Waals surface area contributed by atoms with Crippen molar-refractivity contribution in [3.8, 4) is 0 Å². The standard InChI is InChI=1S/C10H8BrF3S/c11-8-4-3-7(2-1-5-15)9(6-8)10(12,13)14/h1-4,6,15H,5H2. The Bertz CT molecular complexity index is 371. The van der Waals surface area contributed by atoms with Crippen molar-refractivity contribution < 1.29 is 13.2 Å². The SMILES string of the molecule is FC(F)(F)c1cc(Br)ccc1C=CCS. The summed E-state index contributed by atoms with van der Waals surface area (Å²) < 4.78 is 38.2. The van der Waals surface area contributed by atoms with Crippen molar-refractivity contribution in [1.29, 1.82) is 0 Å². The van der Waals surface area contributed by atoms with Crippen LogP contribution >= 0.6 is 28.6 Å². The molecule has 0 unspecified atom stereocenters. The van der Waals surface area contributed by atoms with Crippen molar-refractivity contribution in [2.75, 3.05) is 5.75 Å². The molecule has 0 aliphatic rings. The molecular weight excluding hydrogens is 289 g/mol. The minimum Gasteiger partial charge on any atom is -0.175 e. The van der Waals surface area contributed by atoms with Crippen LogP contribution in [0.4, 0.5) is 13.2 Å². The number of hydrogen-bond donors (Lipinski definition) is 1. The molecule has 0 fully saturated rings. The number of rotatable bonds is 2. The smallest absolute Gasteiger partial charge is 0.175 e. The molecule has 0 aliphatic heterocycles. The number of thiol groups is 1. The Morgan fingerprint density at radius 2 is 2.00 bits per heavy atom. The lowest BCUT2D eigenvalue weighted by atomic mass is 10.1. The Morgan fingerprint density at radius 1 is 1.33 bits per heavy atom. The topological polar surface area (TPSA) is 0 Å². The van der Waals surface area contributed by atoms with E-state index in [1.165, 1.54) is 12.1 Å². The first kappa shape index (κ1) is 12.6. The van der Waals surface area contributed by atoms with E-state index in [-0.39, 0.29) is 5.56 Å². The summed E-state index contributed by atoms with van der Waals surface area (Å²) >= 11 is 6.92. The molecule has 1 aromatic rings. The van der Waals surface area contributed by atoms with Gasteiger partial charge in [0.2, 0.25) is 0 Å². The molecule has 0 aromatic heterocycles. The predicted molar refractivity (Wildman–Crippen MR) is 62.0 cm³/mol. The highest BCUT2D eigenvalue weighted by molar-refractivity contribution is 9.10. The Kier molecular flexibility index (Phi) is 4.28. The zero-order chi connectivity index (χ0) is 11.5. The summed E-state index contributed by atoms with van der Waals surface area (Å²) in [5.74, 6) is 0.410. The summed E-state index contributed by atoms with van der Waals surface area (Å²) in [6.45, 7) is 0. The van der Waals surface area contributed by atoms with Crippen LogP contribution in [0.15, 0.2) is 28.7 Å². The van der Waals surface area contributed by atoms with E-state index in [1.807, 2.05) is 0 Å². The maximum Gasteiger partial charge on any atom is 0.417 e. The molecule has 0 nitrogen and oxygen atoms in total. The van der Waals surface area contributed by atoms with E-state index in [0.29, 0.717) is 10.2 Å². The fourth-order valence-electron chi connectivity index (χ4n) is 1.10. The van der Waals surface area contributed by atoms with E-state index in [1.54, 1.807) is 12.1 Å². The van der Waals surface area contributed by atoms with E-state index < -0.39 is 11.7 Å². The van der Waals surface area contributed by atoms with Crippen LogP contribution in [0.3, 0.4) is 0 Å². The Balaban J connectivity index is 3.21. The molecule has 1 aromatic carbocycles. The molecule has 15 heavy (non-hydrogen) atoms. The van der Waals surface area contributed by atoms with Gasteiger partial charge in [0.15, 0.2) is 0 Å². The highest BCUT2D eigenvalue weighted by Crippen LogP contribution is 2.34. The second kappa shape index (κ2) is 5.07. The molecule has 1 rings (SSSR count). The zero-order valence-corrected chi connectivity index (χ0v) is 10.0. The number of hydrogen-bond acceptors (Lipinski definition) is 1. The molecule has 0 N–H and O–H groups in total. The minimum atomic E-state index is -4.33. The lowest BCUT2D eigenvalue weighted by Gasteiger charge is -2.10. The maximum atomic E-state index is 12.6. The molecule has 0 saturated heterocycles. The third-order valence-electron chi connectivity index (χ3n) is 1.72. The molecule has 0 radical (unpaired) electrons. The fourth-order valence-corrected chi connectivity index (χ4v) is 1.57. The summed E-state index contributed by atoms with van der Waals surface area (Å²) in [7, 11) is 0. The number of alkyl halides is 3. The monoisotopic (exact) mass is 296 g/mol. The predicted octanol–water partition coefficient (Wildman–Crippen LogP) is 4.41. The Morgan fingerprint density at radius 3 is 2.53 bits per heavy atom. The van der Waals surface area contributed by atoms with Crippen LogP contribution in [0.2, 0.25) is 0 Å². The van der Waals surface area contributed by atoms with Crippen molar-refractivity contribution in [1.82, 2.24) is 0 Å². The Hall–Kier alpha value is -0.420. The molecule has 0 heterocycles. The van der Waals surface area contributed by atoms with E-state index in [2.05, 4.69) is 28.6 Å². The molecule has 0 saturated carbocycles. The van der Waals surface area contributed by atoms with Crippen LogP contribution < -0.4 is 0 Å². The molecule has 0 spiro atoms. The van der Waals surface area contributed by atoms with E-state index in [0.717, 1.165) is 6.07 Å². The average molecular weight is 297 g/mol. The lowest BCUT2D eigenvalue weighted by Crippen LogP contribution is -2.07. The summed E-state index contributed by atoms with van der Waals surface area (Å²) in [6.07, 6.45) is -1.34. The third kappa shape index (κ3) is 3.57. The van der Waals surface area contributed by atoms with Crippen LogP contribution in [0.1, 0.15) is 11.1 Å². The molecule has 0 bridgehead atoms. The van der Waals surface area contributed by atoms with E-state index in [9.17, 15) is 13.2 Å². The van der Waals surface area contributed by atoms with Gasteiger partial charge in [-0.05, 0) is 17.7 Å². The van der Waals surface area contributed by atoms with Crippen LogP contribution in [-0.2, 0) is 6.18 Å². The molecule has 0 amide bonds. The van der Waals surface area contributed by atoms with Gasteiger partial charge in [0, 0.05) is 10.2 Å². The van der Waals surface area contributed by atoms with Crippen molar-refractivity contribution in [3.05, 3.63) is 39.9 Å². The largest absolute Gasteiger partial charge is 0.417 e. The van der Waals surface area contributed by atoms with Crippen LogP contribution in [0, 0.1) is 0 Å². The lowest BCUT2D eigenvalue weighted by molar-refractivity contribution is -0.137. The van der Waals surface area contributed by atoms with Gasteiger partial charge in [-0.25, -0.2) is 0 Å². The van der Waals surface area contributed by atoms with Gasteiger partial charge in [0.05, 0.1) is 5.56 Å². The fraction of sp³-hybridized carbons (Fsp3) is 0.200. The third-order valence-corrected chi connectivity index (χ3v) is 2.43. The normalized spacial score (nSPS) is 12.3. The first-order chi connectivity index (χ1) is 6.95. The van der Waals surface area contributed by atoms with Gasteiger partial charge < -0.3 is 0 Å². The highest BCUT2D eigenvalue weighted by Gasteiger charge is 2.32. The Labute approximate surface area is 99.7 Å². The molecule has 5 heteroatoms. The number of benzene rings is 1. The van der Waals surface area contributed by atoms with Gasteiger partial charge in [-0.2, -0.15) is 25.8 Å². The van der Waals surface area contributed by atoms with Crippen LogP contribution in [0.25, 0.3) is 6.08 Å². The second-order valence-corrected chi connectivity index (χ2v) is 4.10. The summed E-state index contributed by atoms with van der Waals surface area (Å²) in [5.41, 5.74) is -0.491. The maximum absolute atomic E-state index is 12.6. The number of halogens is 4. The van der Waals surface area contributed by atoms with Gasteiger partial charge in [0.25, 0.3) is 0 Å². The van der Waals surface area contributed by atoms with Crippen LogP contribution in [-0.4, -0.2) is 5.75 Å². The van der Waals surface area contributed by atoms with Crippen molar-refractivity contribution >= 4 is 34.6 Å². The molecule has 0 aliphatic carbocycles. The first-order valence-corrected chi connectivity index (χ1v) is 5.52. The van der Waals surface area contributed by atoms with Gasteiger partial charge in [-0.15, -0.1) is 0 Å². The quantitative estimate of drug-likeness (QED) is 0.768. The summed E-state index contributed by atoms with van der Waals surface area (Å²) in [5, 5.41) is 0. The van der Waals surface area contributed by atoms with Crippen LogP contribution in [0.5, 0.6) is 0 Å². The summed E-state index contributed by atoms with van der Waals surface area (Å²) in [4.78, 5) is 0. The molecular formula is C10H8BrF3S. The minimum absolute atomic E-state index is 0.153. The molecule has 82 valence electrons. The molecule has 0 atom stereocenters. The van der Waals surface area contributed by atoms with E-state index in [4.69, 9.17) is 0 Å². The van der Waals surface area contributed by atoms with Crippen molar-refractivity contribution in [2.24, 2.45) is 0 Å². The average Bonchev–Trinajstić information content (AvgIpc) is 2.14. The van der Waals surface area contributed by atoms with Crippen molar-refractivity contribution in [3.63, 3.8) is 0 Å². The van der Waals surface area contributed by atoms with Gasteiger partial charge in [0.1, 0.15) is 0 Å². The first-order valence-electron chi connectivity index (χ1n) is 4.09. The van der Waals surface area contributed by atoms with E-state index >= 15 is 0 Å². The van der Waals surface area contributed by atoms with Gasteiger partial charge >= 0.3 is 6.18 Å².